The van der Waals surface area contributed by atoms with Crippen LogP contribution in [0.4, 0.5) is 0 Å². The third-order valence-corrected chi connectivity index (χ3v) is 3.21. The molecule has 1 atom stereocenters. The molecule has 0 saturated carbocycles. The zero-order valence-corrected chi connectivity index (χ0v) is 11.1. The van der Waals surface area contributed by atoms with Crippen LogP contribution in [0.5, 0.6) is 0 Å². The lowest BCUT2D eigenvalue weighted by molar-refractivity contribution is -0.122. The topological polar surface area (TPSA) is 17.1 Å². The number of hydrogen-bond donors (Lipinski definition) is 0. The fourth-order valence-electron chi connectivity index (χ4n) is 2.05. The van der Waals surface area contributed by atoms with Crippen LogP contribution >= 0.6 is 0 Å². The molecule has 0 fully saturated rings. The predicted molar refractivity (Wildman–Crippen MR) is 73.1 cm³/mol. The van der Waals surface area contributed by atoms with Crippen LogP contribution in [-0.4, -0.2) is 5.78 Å². The van der Waals surface area contributed by atoms with Crippen molar-refractivity contribution in [2.75, 3.05) is 0 Å². The fraction of sp³-hybridized carbons (Fsp3) is 0.562. The van der Waals surface area contributed by atoms with Gasteiger partial charge in [0.05, 0.1) is 0 Å². The van der Waals surface area contributed by atoms with Crippen molar-refractivity contribution < 1.29 is 4.79 Å². The summed E-state index contributed by atoms with van der Waals surface area (Å²) in [4.78, 5) is 11.9. The lowest BCUT2D eigenvalue weighted by Gasteiger charge is -2.10. The van der Waals surface area contributed by atoms with Gasteiger partial charge >= 0.3 is 0 Å². The molecule has 0 bridgehead atoms. The summed E-state index contributed by atoms with van der Waals surface area (Å²) in [6, 6.07) is 10.3. The summed E-state index contributed by atoms with van der Waals surface area (Å²) in [5, 5.41) is 0. The fourth-order valence-corrected chi connectivity index (χ4v) is 2.05. The first-order chi connectivity index (χ1) is 8.24. The predicted octanol–water partition coefficient (Wildman–Crippen LogP) is 4.40. The number of benzene rings is 1. The van der Waals surface area contributed by atoms with Crippen LogP contribution in [0, 0.1) is 5.92 Å². The zero-order valence-electron chi connectivity index (χ0n) is 11.1. The van der Waals surface area contributed by atoms with Crippen LogP contribution in [0.1, 0.15) is 51.5 Å². The zero-order chi connectivity index (χ0) is 12.5. The van der Waals surface area contributed by atoms with E-state index in [2.05, 4.69) is 26.0 Å². The first-order valence-electron chi connectivity index (χ1n) is 6.80. The van der Waals surface area contributed by atoms with Crippen molar-refractivity contribution in [1.82, 2.24) is 0 Å². The Morgan fingerprint density at radius 2 is 1.82 bits per heavy atom. The van der Waals surface area contributed by atoms with Crippen LogP contribution < -0.4 is 0 Å². The van der Waals surface area contributed by atoms with Gasteiger partial charge in [-0.2, -0.15) is 0 Å². The third-order valence-electron chi connectivity index (χ3n) is 3.21. The van der Waals surface area contributed by atoms with E-state index >= 15 is 0 Å². The van der Waals surface area contributed by atoms with Crippen LogP contribution in [-0.2, 0) is 11.2 Å². The molecule has 0 amide bonds. The lowest BCUT2D eigenvalue weighted by atomic mass is 9.94. The highest BCUT2D eigenvalue weighted by Crippen LogP contribution is 2.13. The third kappa shape index (κ3) is 5.67. The van der Waals surface area contributed by atoms with Gasteiger partial charge < -0.3 is 0 Å². The molecule has 0 saturated heterocycles. The average molecular weight is 232 g/mol. The summed E-state index contributed by atoms with van der Waals surface area (Å²) in [6.45, 7) is 4.25. The van der Waals surface area contributed by atoms with Crippen molar-refractivity contribution in [3.8, 4) is 0 Å². The van der Waals surface area contributed by atoms with Crippen LogP contribution in [0.25, 0.3) is 0 Å². The van der Waals surface area contributed by atoms with Gasteiger partial charge in [0.15, 0.2) is 0 Å². The van der Waals surface area contributed by atoms with Gasteiger partial charge in [-0.05, 0) is 18.4 Å². The normalized spacial score (nSPS) is 12.4. The number of carbonyl (C=O) groups is 1. The van der Waals surface area contributed by atoms with E-state index < -0.39 is 0 Å². The summed E-state index contributed by atoms with van der Waals surface area (Å²) < 4.78 is 0. The van der Waals surface area contributed by atoms with E-state index in [9.17, 15) is 4.79 Å². The van der Waals surface area contributed by atoms with Crippen LogP contribution in [0.3, 0.4) is 0 Å². The maximum absolute atomic E-state index is 11.9. The first kappa shape index (κ1) is 14.0. The summed E-state index contributed by atoms with van der Waals surface area (Å²) in [6.07, 6.45) is 6.38. The molecule has 1 nitrogen and oxygen atoms in total. The van der Waals surface area contributed by atoms with E-state index in [-0.39, 0.29) is 5.92 Å². The molecule has 0 heterocycles. The number of rotatable bonds is 8. The molecular weight excluding hydrogens is 208 g/mol. The minimum Gasteiger partial charge on any atom is -0.299 e. The standard InChI is InChI=1S/C16H24O/c1-3-4-5-9-12-16(17)14(2)13-15-10-7-6-8-11-15/h6-8,10-11,14H,3-5,9,12-13H2,1-2H3/t14-/m0/s1. The molecule has 0 aliphatic rings. The molecule has 1 aromatic rings. The van der Waals surface area contributed by atoms with Crippen molar-refractivity contribution in [1.29, 1.82) is 0 Å². The molecule has 94 valence electrons. The Hall–Kier alpha value is -1.11. The van der Waals surface area contributed by atoms with Crippen LogP contribution in [0.15, 0.2) is 30.3 Å². The van der Waals surface area contributed by atoms with E-state index in [1.165, 1.54) is 24.8 Å². The minimum absolute atomic E-state index is 0.166. The van der Waals surface area contributed by atoms with Gasteiger partial charge in [-0.1, -0.05) is 63.4 Å². The second kappa shape index (κ2) is 8.05. The summed E-state index contributed by atoms with van der Waals surface area (Å²) >= 11 is 0. The van der Waals surface area contributed by atoms with E-state index in [4.69, 9.17) is 0 Å². The van der Waals surface area contributed by atoms with Gasteiger partial charge in [-0.15, -0.1) is 0 Å². The molecule has 0 unspecified atom stereocenters. The maximum atomic E-state index is 11.9. The molecule has 17 heavy (non-hydrogen) atoms. The summed E-state index contributed by atoms with van der Waals surface area (Å²) in [5.74, 6) is 0.587. The molecule has 0 aliphatic heterocycles. The summed E-state index contributed by atoms with van der Waals surface area (Å²) in [7, 11) is 0. The van der Waals surface area contributed by atoms with Gasteiger partial charge in [0.2, 0.25) is 0 Å². The number of unbranched alkanes of at least 4 members (excludes halogenated alkanes) is 3. The molecule has 1 heteroatoms. The van der Waals surface area contributed by atoms with Gasteiger partial charge in [0, 0.05) is 12.3 Å². The SMILES string of the molecule is CCCCCCC(=O)[C@@H](C)Cc1ccccc1. The van der Waals surface area contributed by atoms with E-state index in [1.54, 1.807) is 0 Å². The quantitative estimate of drug-likeness (QED) is 0.607. The maximum Gasteiger partial charge on any atom is 0.136 e. The van der Waals surface area contributed by atoms with Crippen molar-refractivity contribution in [3.63, 3.8) is 0 Å². The van der Waals surface area contributed by atoms with Crippen LogP contribution in [0.2, 0.25) is 0 Å². The number of Topliss-reactive ketones (excluding diaryl/α,β-unsaturated/α-hetero) is 1. The molecule has 1 rings (SSSR count). The summed E-state index contributed by atoms with van der Waals surface area (Å²) in [5.41, 5.74) is 1.27. The molecule has 0 aliphatic carbocycles. The highest BCUT2D eigenvalue weighted by molar-refractivity contribution is 5.80. The van der Waals surface area contributed by atoms with Gasteiger partial charge in [0.25, 0.3) is 0 Å². The van der Waals surface area contributed by atoms with Gasteiger partial charge in [0.1, 0.15) is 5.78 Å². The van der Waals surface area contributed by atoms with E-state index in [1.807, 2.05) is 18.2 Å². The Morgan fingerprint density at radius 1 is 1.12 bits per heavy atom. The highest BCUT2D eigenvalue weighted by Gasteiger charge is 2.12. The largest absolute Gasteiger partial charge is 0.299 e. The molecule has 0 aromatic heterocycles. The Bertz CT molecular complexity index is 316. The Kier molecular flexibility index (Phi) is 6.61. The lowest BCUT2D eigenvalue weighted by Crippen LogP contribution is -2.13. The van der Waals surface area contributed by atoms with Crippen molar-refractivity contribution in [3.05, 3.63) is 35.9 Å². The monoisotopic (exact) mass is 232 g/mol. The Labute approximate surface area is 105 Å². The van der Waals surface area contributed by atoms with Crippen molar-refractivity contribution in [2.45, 2.75) is 52.4 Å². The van der Waals surface area contributed by atoms with Gasteiger partial charge in [-0.3, -0.25) is 4.79 Å². The molecule has 0 spiro atoms. The second-order valence-corrected chi connectivity index (χ2v) is 4.87. The molecule has 1 aromatic carbocycles. The Balaban J connectivity index is 2.27. The number of carbonyl (C=O) groups excluding carboxylic acids is 1. The van der Waals surface area contributed by atoms with Crippen molar-refractivity contribution >= 4 is 5.78 Å². The minimum atomic E-state index is 0.166. The molecular formula is C16H24O. The second-order valence-electron chi connectivity index (χ2n) is 4.87. The molecule has 0 radical (unpaired) electrons. The average Bonchev–Trinajstić information content (AvgIpc) is 2.35. The van der Waals surface area contributed by atoms with E-state index in [0.29, 0.717) is 5.78 Å². The highest BCUT2D eigenvalue weighted by atomic mass is 16.1. The first-order valence-corrected chi connectivity index (χ1v) is 6.80. The van der Waals surface area contributed by atoms with Gasteiger partial charge in [-0.25, -0.2) is 0 Å². The molecule has 0 N–H and O–H groups in total. The smallest absolute Gasteiger partial charge is 0.136 e. The number of ketones is 1. The van der Waals surface area contributed by atoms with E-state index in [0.717, 1.165) is 19.3 Å². The van der Waals surface area contributed by atoms with Crippen molar-refractivity contribution in [2.24, 2.45) is 5.92 Å². The number of hydrogen-bond acceptors (Lipinski definition) is 1. The Morgan fingerprint density at radius 3 is 2.47 bits per heavy atom.